The monoisotopic (exact) mass is 243 g/mol. The van der Waals surface area contributed by atoms with Gasteiger partial charge >= 0.3 is 0 Å². The van der Waals surface area contributed by atoms with Gasteiger partial charge in [-0.25, -0.2) is 4.99 Å². The van der Waals surface area contributed by atoms with E-state index in [1.807, 2.05) is 11.7 Å². The molecular weight excluding hydrogens is 226 g/mol. The number of nitrogens with zero attached hydrogens (tertiary/aromatic N) is 3. The highest BCUT2D eigenvalue weighted by Crippen LogP contribution is 2.32. The van der Waals surface area contributed by atoms with Crippen LogP contribution in [-0.2, 0) is 7.05 Å². The normalized spacial score (nSPS) is 22.0. The first-order valence-electron chi connectivity index (χ1n) is 6.13. The summed E-state index contributed by atoms with van der Waals surface area (Å²) in [6.07, 6.45) is 7.53. The number of nitrogens with one attached hydrogen (secondary N) is 1. The molecule has 1 aliphatic carbocycles. The fraction of sp³-hybridized carbons (Fsp3) is 0.385. The number of hydrogen-bond donors (Lipinski definition) is 2. The summed E-state index contributed by atoms with van der Waals surface area (Å²) in [5.74, 6) is 1.85. The lowest BCUT2D eigenvalue weighted by Gasteiger charge is -2.17. The van der Waals surface area contributed by atoms with Crippen molar-refractivity contribution >= 4 is 11.7 Å². The largest absolute Gasteiger partial charge is 0.383 e. The van der Waals surface area contributed by atoms with Gasteiger partial charge in [-0.2, -0.15) is 5.10 Å². The highest BCUT2D eigenvalue weighted by molar-refractivity contribution is 6.04. The second-order valence-corrected chi connectivity index (χ2v) is 4.76. The summed E-state index contributed by atoms with van der Waals surface area (Å²) in [5.41, 5.74) is 9.29. The van der Waals surface area contributed by atoms with E-state index >= 15 is 0 Å². The van der Waals surface area contributed by atoms with Gasteiger partial charge < -0.3 is 11.1 Å². The van der Waals surface area contributed by atoms with Crippen molar-refractivity contribution in [1.29, 1.82) is 0 Å². The maximum atomic E-state index is 6.01. The number of aromatic nitrogens is 2. The quantitative estimate of drug-likeness (QED) is 0.785. The Kier molecular flexibility index (Phi) is 2.47. The SMILES string of the molecule is CC1=CCC(c2nn(C)c3c2C(N)=NCN3)C=C1. The van der Waals surface area contributed by atoms with Gasteiger partial charge in [-0.1, -0.05) is 23.8 Å². The molecule has 2 aliphatic rings. The third-order valence-electron chi connectivity index (χ3n) is 3.46. The summed E-state index contributed by atoms with van der Waals surface area (Å²) in [6, 6.07) is 0. The van der Waals surface area contributed by atoms with Crippen LogP contribution < -0.4 is 11.1 Å². The molecule has 0 amide bonds. The fourth-order valence-corrected chi connectivity index (χ4v) is 2.47. The second kappa shape index (κ2) is 4.01. The highest BCUT2D eigenvalue weighted by atomic mass is 15.3. The number of amidine groups is 1. The molecule has 3 rings (SSSR count). The number of aryl methyl sites for hydroxylation is 1. The third kappa shape index (κ3) is 1.63. The zero-order valence-corrected chi connectivity index (χ0v) is 10.6. The van der Waals surface area contributed by atoms with Gasteiger partial charge in [0, 0.05) is 13.0 Å². The molecule has 1 aromatic rings. The van der Waals surface area contributed by atoms with E-state index in [0.717, 1.165) is 23.5 Å². The molecule has 1 aromatic heterocycles. The van der Waals surface area contributed by atoms with E-state index in [-0.39, 0.29) is 5.92 Å². The first kappa shape index (κ1) is 11.1. The Morgan fingerprint density at radius 1 is 1.50 bits per heavy atom. The molecule has 0 aromatic carbocycles. The number of nitrogens with two attached hydrogens (primary N) is 1. The molecule has 3 N–H and O–H groups in total. The summed E-state index contributed by atoms with van der Waals surface area (Å²) in [4.78, 5) is 4.25. The molecule has 1 aliphatic heterocycles. The first-order chi connectivity index (χ1) is 8.66. The lowest BCUT2D eigenvalue weighted by Crippen LogP contribution is -2.24. The van der Waals surface area contributed by atoms with Crippen molar-refractivity contribution in [3.63, 3.8) is 0 Å². The van der Waals surface area contributed by atoms with Gasteiger partial charge in [0.15, 0.2) is 0 Å². The fourth-order valence-electron chi connectivity index (χ4n) is 2.47. The molecular formula is C13H17N5. The molecule has 5 nitrogen and oxygen atoms in total. The highest BCUT2D eigenvalue weighted by Gasteiger charge is 2.26. The van der Waals surface area contributed by atoms with E-state index in [0.29, 0.717) is 12.5 Å². The van der Waals surface area contributed by atoms with Gasteiger partial charge in [0.2, 0.25) is 0 Å². The van der Waals surface area contributed by atoms with Crippen molar-refractivity contribution in [2.24, 2.45) is 17.8 Å². The smallest absolute Gasteiger partial charge is 0.136 e. The lowest BCUT2D eigenvalue weighted by molar-refractivity contribution is 0.714. The van der Waals surface area contributed by atoms with Crippen molar-refractivity contribution in [3.8, 4) is 0 Å². The van der Waals surface area contributed by atoms with Gasteiger partial charge in [0.1, 0.15) is 18.3 Å². The summed E-state index contributed by atoms with van der Waals surface area (Å²) in [6.45, 7) is 2.63. The van der Waals surface area contributed by atoms with Crippen molar-refractivity contribution in [2.45, 2.75) is 19.3 Å². The van der Waals surface area contributed by atoms with Gasteiger partial charge in [0.25, 0.3) is 0 Å². The van der Waals surface area contributed by atoms with E-state index in [4.69, 9.17) is 5.73 Å². The topological polar surface area (TPSA) is 68.2 Å². The van der Waals surface area contributed by atoms with Crippen LogP contribution in [0.4, 0.5) is 5.82 Å². The van der Waals surface area contributed by atoms with Crippen LogP contribution >= 0.6 is 0 Å². The molecule has 94 valence electrons. The maximum Gasteiger partial charge on any atom is 0.136 e. The number of allylic oxidation sites excluding steroid dienone is 4. The van der Waals surface area contributed by atoms with Gasteiger partial charge in [-0.05, 0) is 13.3 Å². The van der Waals surface area contributed by atoms with E-state index < -0.39 is 0 Å². The Morgan fingerprint density at radius 3 is 3.06 bits per heavy atom. The van der Waals surface area contributed by atoms with Crippen molar-refractivity contribution in [3.05, 3.63) is 35.1 Å². The average Bonchev–Trinajstić information content (AvgIpc) is 2.70. The number of fused-ring (bicyclic) bond motifs is 1. The van der Waals surface area contributed by atoms with E-state index in [1.54, 1.807) is 0 Å². The molecule has 1 unspecified atom stereocenters. The summed E-state index contributed by atoms with van der Waals surface area (Å²) < 4.78 is 1.85. The molecule has 5 heteroatoms. The van der Waals surface area contributed by atoms with Crippen LogP contribution in [0.25, 0.3) is 0 Å². The molecule has 1 atom stereocenters. The number of anilines is 1. The van der Waals surface area contributed by atoms with Crippen LogP contribution in [0.5, 0.6) is 0 Å². The molecule has 0 saturated carbocycles. The first-order valence-corrected chi connectivity index (χ1v) is 6.13. The summed E-state index contributed by atoms with van der Waals surface area (Å²) >= 11 is 0. The van der Waals surface area contributed by atoms with Gasteiger partial charge in [-0.15, -0.1) is 0 Å². The molecule has 0 radical (unpaired) electrons. The average molecular weight is 243 g/mol. The third-order valence-corrected chi connectivity index (χ3v) is 3.46. The standard InChI is InChI=1S/C13H17N5/c1-8-3-5-9(6-4-8)11-10-12(14)15-7-16-13(10)18(2)17-11/h3-5,9,16H,6-7H2,1-2H3,(H2,14,15). The van der Waals surface area contributed by atoms with Crippen LogP contribution in [0.3, 0.4) is 0 Å². The van der Waals surface area contributed by atoms with Crippen LogP contribution in [0.1, 0.15) is 30.5 Å². The minimum Gasteiger partial charge on any atom is -0.383 e. The predicted octanol–water partition coefficient (Wildman–Crippen LogP) is 1.50. The molecule has 0 saturated heterocycles. The molecule has 18 heavy (non-hydrogen) atoms. The Morgan fingerprint density at radius 2 is 2.33 bits per heavy atom. The van der Waals surface area contributed by atoms with Crippen LogP contribution in [0.15, 0.2) is 28.8 Å². The Bertz CT molecular complexity index is 576. The number of hydrogen-bond acceptors (Lipinski definition) is 4. The Balaban J connectivity index is 2.05. The summed E-state index contributed by atoms with van der Waals surface area (Å²) in [5, 5.41) is 7.83. The van der Waals surface area contributed by atoms with Crippen molar-refractivity contribution in [1.82, 2.24) is 9.78 Å². The summed E-state index contributed by atoms with van der Waals surface area (Å²) in [7, 11) is 1.93. The number of aliphatic imine (C=N–C) groups is 1. The van der Waals surface area contributed by atoms with Crippen molar-refractivity contribution in [2.75, 3.05) is 12.0 Å². The maximum absolute atomic E-state index is 6.01. The van der Waals surface area contributed by atoms with Gasteiger partial charge in [0.05, 0.1) is 11.3 Å². The molecule has 0 bridgehead atoms. The van der Waals surface area contributed by atoms with E-state index in [2.05, 4.69) is 40.6 Å². The zero-order chi connectivity index (χ0) is 12.7. The molecule has 2 heterocycles. The minimum atomic E-state index is 0.289. The van der Waals surface area contributed by atoms with Crippen molar-refractivity contribution < 1.29 is 0 Å². The Hall–Kier alpha value is -2.04. The Labute approximate surface area is 106 Å². The predicted molar refractivity (Wildman–Crippen MR) is 72.7 cm³/mol. The molecule has 0 fully saturated rings. The van der Waals surface area contributed by atoms with Crippen LogP contribution in [0, 0.1) is 0 Å². The zero-order valence-electron chi connectivity index (χ0n) is 10.6. The lowest BCUT2D eigenvalue weighted by atomic mass is 9.92. The van der Waals surface area contributed by atoms with Crippen LogP contribution in [-0.4, -0.2) is 22.3 Å². The van der Waals surface area contributed by atoms with Crippen LogP contribution in [0.2, 0.25) is 0 Å². The second-order valence-electron chi connectivity index (χ2n) is 4.76. The van der Waals surface area contributed by atoms with E-state index in [1.165, 1.54) is 5.57 Å². The van der Waals surface area contributed by atoms with Gasteiger partial charge in [-0.3, -0.25) is 4.68 Å². The number of rotatable bonds is 1. The minimum absolute atomic E-state index is 0.289. The molecule has 0 spiro atoms. The van der Waals surface area contributed by atoms with E-state index in [9.17, 15) is 0 Å².